The van der Waals surface area contributed by atoms with Crippen molar-refractivity contribution in [1.29, 1.82) is 0 Å². The van der Waals surface area contributed by atoms with Crippen LogP contribution in [0.1, 0.15) is 25.8 Å². The fourth-order valence-electron chi connectivity index (χ4n) is 2.06. The van der Waals surface area contributed by atoms with Crippen LogP contribution in [0.15, 0.2) is 47.9 Å². The van der Waals surface area contributed by atoms with Gasteiger partial charge in [-0.2, -0.15) is 0 Å². The summed E-state index contributed by atoms with van der Waals surface area (Å²) in [6.07, 6.45) is 6.83. The zero-order chi connectivity index (χ0) is 15.1. The van der Waals surface area contributed by atoms with Gasteiger partial charge in [0.1, 0.15) is 0 Å². The van der Waals surface area contributed by atoms with E-state index in [1.54, 1.807) is 0 Å². The van der Waals surface area contributed by atoms with E-state index < -0.39 is 0 Å². The van der Waals surface area contributed by atoms with Crippen molar-refractivity contribution in [1.82, 2.24) is 14.9 Å². The van der Waals surface area contributed by atoms with E-state index in [0.29, 0.717) is 0 Å². The van der Waals surface area contributed by atoms with Crippen molar-refractivity contribution in [2.45, 2.75) is 44.2 Å². The third-order valence-electron chi connectivity index (χ3n) is 3.38. The monoisotopic (exact) mass is 393 g/mol. The van der Waals surface area contributed by atoms with Gasteiger partial charge in [0.25, 0.3) is 0 Å². The molecule has 0 spiro atoms. The molecule has 0 aliphatic heterocycles. The lowest BCUT2D eigenvalue weighted by molar-refractivity contribution is 0.420. The molecule has 1 aromatic carbocycles. The summed E-state index contributed by atoms with van der Waals surface area (Å²) in [4.78, 5) is 5.40. The van der Waals surface area contributed by atoms with Gasteiger partial charge in [0.15, 0.2) is 0 Å². The second kappa shape index (κ2) is 12.6. The highest BCUT2D eigenvalue weighted by Gasteiger charge is 2.16. The lowest BCUT2D eigenvalue weighted by atomic mass is 10.1. The van der Waals surface area contributed by atoms with Crippen LogP contribution in [0.4, 0.5) is 0 Å². The van der Waals surface area contributed by atoms with Gasteiger partial charge in [-0.05, 0) is 45.9 Å². The summed E-state index contributed by atoms with van der Waals surface area (Å²) in [5, 5.41) is 3.65. The maximum Gasteiger partial charge on any atom is 0.0945 e. The molecular weight excluding hydrogens is 365 g/mol. The third kappa shape index (κ3) is 9.55. The van der Waals surface area contributed by atoms with Gasteiger partial charge in [0, 0.05) is 35.1 Å². The van der Waals surface area contributed by atoms with Crippen LogP contribution in [0.3, 0.4) is 0 Å². The normalized spacial score (nSPS) is 10.3. The van der Waals surface area contributed by atoms with Crippen molar-refractivity contribution in [3.8, 4) is 0 Å². The Morgan fingerprint density at radius 2 is 1.83 bits per heavy atom. The molecule has 0 unspecified atom stereocenters. The molecule has 0 saturated carbocycles. The standard InChI is InChI=1S/C17H25N3S.2ClH.H2O/c1-15-5-7-16(8-6-15)21-13-17(2,3)19-9-4-11-20-12-10-18-14-20;;;/h5-8,10,12,14,19H,4,9,11,13H2,1-3H3;2*1H;1H2. The Morgan fingerprint density at radius 3 is 2.42 bits per heavy atom. The van der Waals surface area contributed by atoms with Crippen LogP contribution in [-0.2, 0) is 6.54 Å². The summed E-state index contributed by atoms with van der Waals surface area (Å²) in [6.45, 7) is 8.71. The average molecular weight is 394 g/mol. The second-order valence-electron chi connectivity index (χ2n) is 6.07. The highest BCUT2D eigenvalue weighted by atomic mass is 35.5. The van der Waals surface area contributed by atoms with Crippen LogP contribution in [0.25, 0.3) is 0 Å². The number of aryl methyl sites for hydroxylation is 2. The number of hydrogen-bond donors (Lipinski definition) is 1. The minimum atomic E-state index is 0. The Morgan fingerprint density at radius 1 is 1.17 bits per heavy atom. The first kappa shape index (κ1) is 25.5. The lowest BCUT2D eigenvalue weighted by Crippen LogP contribution is -2.42. The minimum absolute atomic E-state index is 0. The summed E-state index contributed by atoms with van der Waals surface area (Å²) in [5.74, 6) is 1.07. The number of imidazole rings is 1. The van der Waals surface area contributed by atoms with Gasteiger partial charge < -0.3 is 15.4 Å². The van der Waals surface area contributed by atoms with Crippen molar-refractivity contribution in [2.24, 2.45) is 0 Å². The summed E-state index contributed by atoms with van der Waals surface area (Å²) < 4.78 is 2.12. The Balaban J connectivity index is 0. The molecule has 2 aromatic rings. The predicted octanol–water partition coefficient (Wildman–Crippen LogP) is 3.76. The van der Waals surface area contributed by atoms with Crippen LogP contribution in [-0.4, -0.2) is 32.9 Å². The molecule has 0 bridgehead atoms. The van der Waals surface area contributed by atoms with Gasteiger partial charge in [-0.15, -0.1) is 36.6 Å². The molecule has 0 atom stereocenters. The molecule has 138 valence electrons. The van der Waals surface area contributed by atoms with Crippen molar-refractivity contribution in [3.63, 3.8) is 0 Å². The molecule has 0 amide bonds. The molecule has 1 heterocycles. The van der Waals surface area contributed by atoms with Crippen molar-refractivity contribution >= 4 is 36.6 Å². The van der Waals surface area contributed by atoms with Crippen molar-refractivity contribution in [2.75, 3.05) is 12.3 Å². The molecule has 2 rings (SSSR count). The lowest BCUT2D eigenvalue weighted by Gasteiger charge is -2.26. The van der Waals surface area contributed by atoms with Gasteiger partial charge in [0.2, 0.25) is 0 Å². The Bertz CT molecular complexity index is 533. The maximum absolute atomic E-state index is 4.06. The van der Waals surface area contributed by atoms with E-state index in [-0.39, 0.29) is 35.8 Å². The highest BCUT2D eigenvalue weighted by molar-refractivity contribution is 7.99. The van der Waals surface area contributed by atoms with E-state index in [1.165, 1.54) is 10.5 Å². The van der Waals surface area contributed by atoms with Gasteiger partial charge in [0.05, 0.1) is 6.33 Å². The SMILES string of the molecule is Cc1ccc(SCC(C)(C)NCCCn2ccnc2)cc1.Cl.Cl.O. The minimum Gasteiger partial charge on any atom is -0.412 e. The molecule has 0 fully saturated rings. The fraction of sp³-hybridized carbons (Fsp3) is 0.471. The number of rotatable bonds is 8. The maximum atomic E-state index is 4.06. The molecule has 4 nitrogen and oxygen atoms in total. The highest BCUT2D eigenvalue weighted by Crippen LogP contribution is 2.22. The first-order valence-corrected chi connectivity index (χ1v) is 8.44. The number of benzene rings is 1. The van der Waals surface area contributed by atoms with Gasteiger partial charge in [-0.1, -0.05) is 17.7 Å². The van der Waals surface area contributed by atoms with Crippen molar-refractivity contribution < 1.29 is 5.48 Å². The fourth-order valence-corrected chi connectivity index (χ4v) is 3.01. The molecule has 0 saturated heterocycles. The van der Waals surface area contributed by atoms with E-state index in [1.807, 2.05) is 30.5 Å². The molecule has 24 heavy (non-hydrogen) atoms. The molecule has 0 aliphatic carbocycles. The van der Waals surface area contributed by atoms with Crippen LogP contribution in [0, 0.1) is 6.92 Å². The van der Waals surface area contributed by atoms with Gasteiger partial charge in [-0.25, -0.2) is 4.98 Å². The molecule has 0 aliphatic rings. The van der Waals surface area contributed by atoms with Crippen LogP contribution < -0.4 is 5.32 Å². The van der Waals surface area contributed by atoms with Gasteiger partial charge in [-0.3, -0.25) is 0 Å². The van der Waals surface area contributed by atoms with Crippen LogP contribution in [0.2, 0.25) is 0 Å². The first-order chi connectivity index (χ1) is 10.1. The zero-order valence-corrected chi connectivity index (χ0v) is 16.9. The number of halogens is 2. The largest absolute Gasteiger partial charge is 0.412 e. The van der Waals surface area contributed by atoms with E-state index in [2.05, 4.69) is 59.9 Å². The number of nitrogens with zero attached hydrogens (tertiary/aromatic N) is 2. The summed E-state index contributed by atoms with van der Waals surface area (Å²) in [5.41, 5.74) is 1.46. The quantitative estimate of drug-likeness (QED) is 0.548. The molecule has 0 radical (unpaired) electrons. The smallest absolute Gasteiger partial charge is 0.0945 e. The second-order valence-corrected chi connectivity index (χ2v) is 7.12. The van der Waals surface area contributed by atoms with Gasteiger partial charge >= 0.3 is 0 Å². The Hall–Kier alpha value is -0.720. The molecule has 1 aromatic heterocycles. The van der Waals surface area contributed by atoms with E-state index >= 15 is 0 Å². The number of hydrogen-bond acceptors (Lipinski definition) is 3. The van der Waals surface area contributed by atoms with E-state index in [0.717, 1.165) is 25.3 Å². The van der Waals surface area contributed by atoms with Crippen molar-refractivity contribution in [3.05, 3.63) is 48.5 Å². The average Bonchev–Trinajstić information content (AvgIpc) is 2.96. The van der Waals surface area contributed by atoms with E-state index in [4.69, 9.17) is 0 Å². The van der Waals surface area contributed by atoms with E-state index in [9.17, 15) is 0 Å². The summed E-state index contributed by atoms with van der Waals surface area (Å²) >= 11 is 1.91. The summed E-state index contributed by atoms with van der Waals surface area (Å²) in [7, 11) is 0. The number of nitrogens with one attached hydrogen (secondary N) is 1. The Kier molecular flexibility index (Phi) is 13.4. The molecule has 7 heteroatoms. The zero-order valence-electron chi connectivity index (χ0n) is 14.5. The molecule has 3 N–H and O–H groups in total. The summed E-state index contributed by atoms with van der Waals surface area (Å²) in [6, 6.07) is 8.76. The van der Waals surface area contributed by atoms with Crippen LogP contribution in [0.5, 0.6) is 0 Å². The topological polar surface area (TPSA) is 61.4 Å². The predicted molar refractivity (Wildman–Crippen MR) is 109 cm³/mol. The molecular formula is C17H29Cl2N3OS. The third-order valence-corrected chi connectivity index (χ3v) is 4.85. The number of aromatic nitrogens is 2. The Labute approximate surface area is 162 Å². The van der Waals surface area contributed by atoms with Crippen LogP contribution >= 0.6 is 36.6 Å². The first-order valence-electron chi connectivity index (χ1n) is 7.45. The number of thioether (sulfide) groups is 1.